The third-order valence-electron chi connectivity index (χ3n) is 3.98. The molecule has 4 nitrogen and oxygen atoms in total. The van der Waals surface area contributed by atoms with Crippen molar-refractivity contribution in [1.29, 1.82) is 0 Å². The first-order chi connectivity index (χ1) is 9.05. The van der Waals surface area contributed by atoms with Gasteiger partial charge in [-0.15, -0.1) is 0 Å². The van der Waals surface area contributed by atoms with E-state index in [9.17, 15) is 5.11 Å². The van der Waals surface area contributed by atoms with E-state index in [1.807, 2.05) is 39.8 Å². The highest BCUT2D eigenvalue weighted by molar-refractivity contribution is 14.1. The summed E-state index contributed by atoms with van der Waals surface area (Å²) in [5.74, 6) is -0.326. The number of halogens is 2. The highest BCUT2D eigenvalue weighted by Gasteiger charge is 2.53. The molecule has 0 spiro atoms. The average Bonchev–Trinajstić information content (AvgIpc) is 2.52. The van der Waals surface area contributed by atoms with Crippen LogP contribution in [0.4, 0.5) is 0 Å². The minimum atomic E-state index is -0.570. The Kier molecular flexibility index (Phi) is 4.67. The maximum absolute atomic E-state index is 10.2. The van der Waals surface area contributed by atoms with Crippen molar-refractivity contribution in [3.05, 3.63) is 24.8 Å². The van der Waals surface area contributed by atoms with Crippen LogP contribution in [0, 0.1) is 7.14 Å². The summed E-state index contributed by atoms with van der Waals surface area (Å²) >= 11 is 4.30. The molecule has 1 heterocycles. The zero-order valence-electron chi connectivity index (χ0n) is 11.9. The van der Waals surface area contributed by atoms with Gasteiger partial charge in [0.2, 0.25) is 0 Å². The van der Waals surface area contributed by atoms with Crippen LogP contribution < -0.4 is 5.73 Å². The normalized spacial score (nSPS) is 22.1. The van der Waals surface area contributed by atoms with Crippen molar-refractivity contribution in [2.24, 2.45) is 5.73 Å². The van der Waals surface area contributed by atoms with E-state index in [1.54, 1.807) is 0 Å². The van der Waals surface area contributed by atoms with Crippen LogP contribution in [0.3, 0.4) is 0 Å². The first kappa shape index (κ1) is 16.8. The maximum Gasteiger partial charge on any atom is 0.480 e. The van der Waals surface area contributed by atoms with Crippen LogP contribution in [-0.2, 0) is 9.31 Å². The topological polar surface area (TPSA) is 64.7 Å². The first-order valence-corrected chi connectivity index (χ1v) is 8.50. The molecule has 7 heteroatoms. The molecule has 0 unspecified atom stereocenters. The van der Waals surface area contributed by atoms with Crippen molar-refractivity contribution in [1.82, 2.24) is 0 Å². The second-order valence-electron chi connectivity index (χ2n) is 5.98. The van der Waals surface area contributed by atoms with Gasteiger partial charge in [-0.3, -0.25) is 0 Å². The highest BCUT2D eigenvalue weighted by Crippen LogP contribution is 2.41. The molecule has 110 valence electrons. The van der Waals surface area contributed by atoms with Crippen molar-refractivity contribution < 1.29 is 14.4 Å². The van der Waals surface area contributed by atoms with E-state index in [4.69, 9.17) is 15.0 Å². The monoisotopic (exact) mass is 501 g/mol. The standard InChI is InChI=1S/C13H18BI2NO3/c1-12(2)13(3,4)20-14(19-12)11(17)8-5-7(15)6-9(16)10(8)18/h5-6,11,18H,17H2,1-4H3/t11-/m1/s1. The van der Waals surface area contributed by atoms with Gasteiger partial charge in [0.05, 0.1) is 20.7 Å². The summed E-state index contributed by atoms with van der Waals surface area (Å²) in [6, 6.07) is 3.77. The zero-order chi connectivity index (χ0) is 15.3. The molecule has 0 bridgehead atoms. The van der Waals surface area contributed by atoms with E-state index in [0.29, 0.717) is 5.56 Å². The van der Waals surface area contributed by atoms with Gasteiger partial charge < -0.3 is 20.1 Å². The van der Waals surface area contributed by atoms with Crippen molar-refractivity contribution in [2.45, 2.75) is 44.8 Å². The van der Waals surface area contributed by atoms with Crippen LogP contribution in [0.25, 0.3) is 0 Å². The van der Waals surface area contributed by atoms with Gasteiger partial charge in [0, 0.05) is 9.13 Å². The maximum atomic E-state index is 10.2. The molecule has 0 radical (unpaired) electrons. The molecule has 0 saturated carbocycles. The van der Waals surface area contributed by atoms with E-state index in [0.717, 1.165) is 7.14 Å². The Balaban J connectivity index is 2.32. The molecule has 1 aliphatic rings. The number of hydrogen-bond acceptors (Lipinski definition) is 4. The fourth-order valence-corrected chi connectivity index (χ4v) is 3.91. The quantitative estimate of drug-likeness (QED) is 0.483. The lowest BCUT2D eigenvalue weighted by molar-refractivity contribution is 0.00578. The lowest BCUT2D eigenvalue weighted by Crippen LogP contribution is -2.41. The molecular formula is C13H18BI2NO3. The minimum absolute atomic E-state index is 0.202. The Hall–Kier alpha value is 0.425. The summed E-state index contributed by atoms with van der Waals surface area (Å²) < 4.78 is 13.7. The fraction of sp³-hybridized carbons (Fsp3) is 0.538. The van der Waals surface area contributed by atoms with Crippen LogP contribution in [0.1, 0.15) is 39.2 Å². The molecule has 1 atom stereocenters. The van der Waals surface area contributed by atoms with Crippen molar-refractivity contribution >= 4 is 52.3 Å². The highest BCUT2D eigenvalue weighted by atomic mass is 127. The van der Waals surface area contributed by atoms with E-state index in [1.165, 1.54) is 0 Å². The summed E-state index contributed by atoms with van der Waals surface area (Å²) in [4.78, 5) is 0. The lowest BCUT2D eigenvalue weighted by Gasteiger charge is -2.32. The first-order valence-electron chi connectivity index (χ1n) is 6.34. The lowest BCUT2D eigenvalue weighted by atomic mass is 9.74. The molecule has 1 aromatic carbocycles. The predicted octanol–water partition coefficient (Wildman–Crippen LogP) is 3.23. The molecule has 1 aliphatic heterocycles. The van der Waals surface area contributed by atoms with E-state index >= 15 is 0 Å². The van der Waals surface area contributed by atoms with Gasteiger partial charge >= 0.3 is 7.12 Å². The van der Waals surface area contributed by atoms with Crippen LogP contribution >= 0.6 is 45.2 Å². The van der Waals surface area contributed by atoms with Crippen LogP contribution in [0.2, 0.25) is 0 Å². The van der Waals surface area contributed by atoms with Crippen LogP contribution in [0.5, 0.6) is 5.75 Å². The van der Waals surface area contributed by atoms with Crippen molar-refractivity contribution in [3.8, 4) is 5.75 Å². The van der Waals surface area contributed by atoms with E-state index in [-0.39, 0.29) is 5.75 Å². The minimum Gasteiger partial charge on any atom is -0.507 e. The number of phenols is 1. The third kappa shape index (κ3) is 2.97. The largest absolute Gasteiger partial charge is 0.507 e. The van der Waals surface area contributed by atoms with Gasteiger partial charge in [-0.1, -0.05) is 0 Å². The second kappa shape index (κ2) is 5.56. The molecular weight excluding hydrogens is 483 g/mol. The smallest absolute Gasteiger partial charge is 0.480 e. The van der Waals surface area contributed by atoms with Crippen molar-refractivity contribution in [2.75, 3.05) is 0 Å². The van der Waals surface area contributed by atoms with E-state index in [2.05, 4.69) is 45.2 Å². The third-order valence-corrected chi connectivity index (χ3v) is 5.43. The summed E-state index contributed by atoms with van der Waals surface area (Å²) in [6.07, 6.45) is 0. The summed E-state index contributed by atoms with van der Waals surface area (Å²) in [5, 5.41) is 10.2. The molecule has 0 aromatic heterocycles. The SMILES string of the molecule is CC1(C)OB([C@H](N)c2cc(I)cc(I)c2O)OC1(C)C. The molecule has 1 saturated heterocycles. The van der Waals surface area contributed by atoms with Crippen LogP contribution in [-0.4, -0.2) is 23.4 Å². The zero-order valence-corrected chi connectivity index (χ0v) is 16.2. The number of benzene rings is 1. The Morgan fingerprint density at radius 1 is 1.15 bits per heavy atom. The molecule has 3 N–H and O–H groups in total. The molecule has 20 heavy (non-hydrogen) atoms. The van der Waals surface area contributed by atoms with Gasteiger partial charge in [0.15, 0.2) is 0 Å². The van der Waals surface area contributed by atoms with Gasteiger partial charge in [0.25, 0.3) is 0 Å². The van der Waals surface area contributed by atoms with Crippen LogP contribution in [0.15, 0.2) is 12.1 Å². The number of phenolic OH excluding ortho intramolecular Hbond substituents is 1. The second-order valence-corrected chi connectivity index (χ2v) is 8.38. The van der Waals surface area contributed by atoms with Crippen molar-refractivity contribution in [3.63, 3.8) is 0 Å². The Bertz CT molecular complexity index is 521. The molecule has 0 aliphatic carbocycles. The summed E-state index contributed by atoms with van der Waals surface area (Å²) in [6.45, 7) is 7.94. The summed E-state index contributed by atoms with van der Waals surface area (Å²) in [5.41, 5.74) is 6.06. The number of rotatable bonds is 2. The Morgan fingerprint density at radius 2 is 1.65 bits per heavy atom. The number of nitrogens with two attached hydrogens (primary N) is 1. The fourth-order valence-electron chi connectivity index (χ4n) is 2.02. The number of hydrogen-bond donors (Lipinski definition) is 2. The molecule has 0 amide bonds. The van der Waals surface area contributed by atoms with Gasteiger partial charge in [-0.25, -0.2) is 0 Å². The van der Waals surface area contributed by atoms with E-state index < -0.39 is 24.3 Å². The van der Waals surface area contributed by atoms with Gasteiger partial charge in [-0.05, 0) is 85.0 Å². The molecule has 2 rings (SSSR count). The molecule has 1 aromatic rings. The average molecular weight is 501 g/mol. The van der Waals surface area contributed by atoms with Gasteiger partial charge in [-0.2, -0.15) is 0 Å². The number of aromatic hydroxyl groups is 1. The predicted molar refractivity (Wildman–Crippen MR) is 96.6 cm³/mol. The van der Waals surface area contributed by atoms with Gasteiger partial charge in [0.1, 0.15) is 5.75 Å². The Morgan fingerprint density at radius 3 is 2.15 bits per heavy atom. The Labute approximate surface area is 147 Å². The molecule has 1 fully saturated rings. The summed E-state index contributed by atoms with van der Waals surface area (Å²) in [7, 11) is -0.570.